The minimum atomic E-state index is 0.313. The number of hydrogen-bond donors (Lipinski definition) is 1. The Labute approximate surface area is 214 Å². The van der Waals surface area contributed by atoms with Crippen LogP contribution in [0.25, 0.3) is 0 Å². The summed E-state index contributed by atoms with van der Waals surface area (Å²) in [6.45, 7) is 13.6. The van der Waals surface area contributed by atoms with E-state index in [0.29, 0.717) is 34.7 Å². The molecule has 2 nitrogen and oxygen atoms in total. The Bertz CT molecular complexity index is 948. The second kappa shape index (κ2) is 8.71. The van der Waals surface area contributed by atoms with Crippen LogP contribution in [0.4, 0.5) is 0 Å². The Morgan fingerprint density at radius 2 is 1.86 bits per heavy atom. The molecule has 1 aliphatic heterocycles. The van der Waals surface area contributed by atoms with E-state index in [9.17, 15) is 5.11 Å². The summed E-state index contributed by atoms with van der Waals surface area (Å²) in [5.41, 5.74) is 5.80. The normalized spacial score (nSPS) is 43.0. The van der Waals surface area contributed by atoms with E-state index in [0.717, 1.165) is 36.6 Å². The first kappa shape index (κ1) is 24.2. The van der Waals surface area contributed by atoms with E-state index in [-0.39, 0.29) is 0 Å². The lowest BCUT2D eigenvalue weighted by molar-refractivity contribution is 0.0121. The van der Waals surface area contributed by atoms with Crippen LogP contribution < -0.4 is 0 Å². The number of aliphatic imine (C=N–C) groups is 1. The molecule has 0 aromatic carbocycles. The summed E-state index contributed by atoms with van der Waals surface area (Å²) < 4.78 is 0. The van der Waals surface area contributed by atoms with E-state index < -0.39 is 0 Å². The predicted molar refractivity (Wildman–Crippen MR) is 146 cm³/mol. The van der Waals surface area contributed by atoms with Gasteiger partial charge in [0.25, 0.3) is 0 Å². The van der Waals surface area contributed by atoms with Gasteiger partial charge in [-0.2, -0.15) is 0 Å². The van der Waals surface area contributed by atoms with Gasteiger partial charge in [0.1, 0.15) is 0 Å². The fraction of sp³-hybridized carbons (Fsp3) is 0.788. The zero-order chi connectivity index (χ0) is 24.4. The van der Waals surface area contributed by atoms with Crippen LogP contribution in [-0.4, -0.2) is 24.5 Å². The average molecular weight is 476 g/mol. The molecule has 6 aliphatic rings. The molecule has 35 heavy (non-hydrogen) atoms. The molecule has 0 saturated heterocycles. The fourth-order valence-corrected chi connectivity index (χ4v) is 10.8. The van der Waals surface area contributed by atoms with Gasteiger partial charge in [-0.1, -0.05) is 82.8 Å². The molecule has 4 saturated carbocycles. The van der Waals surface area contributed by atoms with Crippen LogP contribution in [-0.2, 0) is 0 Å². The molecule has 0 aromatic heterocycles. The molecular formula is C33H49NO. The number of hydrogen-bond acceptors (Lipinski definition) is 2. The topological polar surface area (TPSA) is 32.6 Å². The van der Waals surface area contributed by atoms with Gasteiger partial charge in [-0.05, 0) is 102 Å². The summed E-state index contributed by atoms with van der Waals surface area (Å²) in [7, 11) is 0. The first-order chi connectivity index (χ1) is 16.8. The Kier molecular flexibility index (Phi) is 6.02. The van der Waals surface area contributed by atoms with Crippen LogP contribution >= 0.6 is 0 Å². The van der Waals surface area contributed by atoms with Crippen molar-refractivity contribution in [2.75, 3.05) is 13.2 Å². The number of fused-ring (bicyclic) bond motifs is 4. The second-order valence-electron chi connectivity index (χ2n) is 14.4. The maximum absolute atomic E-state index is 10.2. The summed E-state index contributed by atoms with van der Waals surface area (Å²) in [5.74, 6) is 4.45. The minimum Gasteiger partial charge on any atom is -0.396 e. The quantitative estimate of drug-likeness (QED) is 0.415. The van der Waals surface area contributed by atoms with Crippen molar-refractivity contribution in [3.05, 3.63) is 35.5 Å². The second-order valence-corrected chi connectivity index (χ2v) is 14.4. The molecule has 7 atom stereocenters. The standard InChI is InChI=1S/C33H49NO/c1-22-16-28-32(4,30-29(22)31(30,2)3)27(26-8-6-5-7-9-26)11-14-33(28)13-10-23(19-33)17-25(21-35)18-24-12-15-34-20-24/h12,16,20,23,25-27,29-30,35H,1,5-11,13-15,17-19,21H2,2-4H3/t23-,25+,27-,29-,30+,32-,33+/m1/s1. The highest BCUT2D eigenvalue weighted by atomic mass is 16.3. The molecule has 0 aromatic rings. The van der Waals surface area contributed by atoms with Crippen LogP contribution in [0.15, 0.2) is 40.4 Å². The molecule has 6 rings (SSSR count). The monoisotopic (exact) mass is 475 g/mol. The third kappa shape index (κ3) is 3.79. The van der Waals surface area contributed by atoms with E-state index in [1.807, 2.05) is 11.8 Å². The van der Waals surface area contributed by atoms with Crippen molar-refractivity contribution < 1.29 is 5.11 Å². The molecule has 0 unspecified atom stereocenters. The van der Waals surface area contributed by atoms with E-state index in [2.05, 4.69) is 44.5 Å². The lowest BCUT2D eigenvalue weighted by atomic mass is 9.47. The van der Waals surface area contributed by atoms with Crippen molar-refractivity contribution in [3.8, 4) is 0 Å². The zero-order valence-electron chi connectivity index (χ0n) is 22.7. The van der Waals surface area contributed by atoms with Gasteiger partial charge in [0, 0.05) is 12.8 Å². The van der Waals surface area contributed by atoms with Crippen LogP contribution in [0, 0.1) is 51.8 Å². The largest absolute Gasteiger partial charge is 0.396 e. The van der Waals surface area contributed by atoms with E-state index in [1.54, 1.807) is 0 Å². The predicted octanol–water partition coefficient (Wildman–Crippen LogP) is 7.94. The summed E-state index contributed by atoms with van der Waals surface area (Å²) in [6.07, 6.45) is 23.3. The Morgan fingerprint density at radius 1 is 1.09 bits per heavy atom. The van der Waals surface area contributed by atoms with Crippen LogP contribution in [0.2, 0.25) is 0 Å². The van der Waals surface area contributed by atoms with E-state index in [1.165, 1.54) is 81.8 Å². The number of allylic oxidation sites excluding steroid dienone is 4. The summed E-state index contributed by atoms with van der Waals surface area (Å²) in [6, 6.07) is 0. The van der Waals surface area contributed by atoms with Gasteiger partial charge in [-0.25, -0.2) is 0 Å². The van der Waals surface area contributed by atoms with Crippen molar-refractivity contribution in [1.82, 2.24) is 0 Å². The minimum absolute atomic E-state index is 0.313. The number of rotatable bonds is 6. The number of aliphatic hydroxyl groups excluding tert-OH is 1. The highest BCUT2D eigenvalue weighted by Gasteiger charge is 2.72. The molecule has 0 radical (unpaired) electrons. The first-order valence-electron chi connectivity index (χ1n) is 15.0. The molecule has 0 amide bonds. The van der Waals surface area contributed by atoms with Crippen molar-refractivity contribution >= 4 is 6.21 Å². The number of aliphatic hydroxyl groups is 1. The van der Waals surface area contributed by atoms with Crippen molar-refractivity contribution in [1.29, 1.82) is 0 Å². The molecule has 0 bridgehead atoms. The summed E-state index contributed by atoms with van der Waals surface area (Å²) in [4.78, 5) is 4.37. The molecule has 1 heterocycles. The van der Waals surface area contributed by atoms with Gasteiger partial charge < -0.3 is 5.11 Å². The van der Waals surface area contributed by atoms with Crippen molar-refractivity contribution in [2.45, 2.75) is 97.8 Å². The Hall–Kier alpha value is -1.15. The lowest BCUT2D eigenvalue weighted by Gasteiger charge is -2.57. The fourth-order valence-electron chi connectivity index (χ4n) is 10.8. The van der Waals surface area contributed by atoms with Crippen LogP contribution in [0.1, 0.15) is 97.8 Å². The van der Waals surface area contributed by atoms with E-state index in [4.69, 9.17) is 0 Å². The van der Waals surface area contributed by atoms with Crippen LogP contribution in [0.5, 0.6) is 0 Å². The lowest BCUT2D eigenvalue weighted by Crippen LogP contribution is -2.49. The third-order valence-corrected chi connectivity index (χ3v) is 12.2. The smallest absolute Gasteiger partial charge is 0.0576 e. The highest BCUT2D eigenvalue weighted by molar-refractivity contribution is 5.80. The Balaban J connectivity index is 1.26. The van der Waals surface area contributed by atoms with Crippen LogP contribution in [0.3, 0.4) is 0 Å². The zero-order valence-corrected chi connectivity index (χ0v) is 22.7. The van der Waals surface area contributed by atoms with Gasteiger partial charge in [0.2, 0.25) is 0 Å². The van der Waals surface area contributed by atoms with Gasteiger partial charge in [-0.3, -0.25) is 4.99 Å². The van der Waals surface area contributed by atoms with E-state index >= 15 is 0 Å². The van der Waals surface area contributed by atoms with Gasteiger partial charge in [0.05, 0.1) is 6.54 Å². The molecular weight excluding hydrogens is 426 g/mol. The molecule has 1 N–H and O–H groups in total. The molecule has 4 fully saturated rings. The molecule has 2 heteroatoms. The van der Waals surface area contributed by atoms with Gasteiger partial charge in [0.15, 0.2) is 0 Å². The summed E-state index contributed by atoms with van der Waals surface area (Å²) in [5, 5.41) is 10.2. The van der Waals surface area contributed by atoms with Crippen molar-refractivity contribution in [3.63, 3.8) is 0 Å². The Morgan fingerprint density at radius 3 is 2.57 bits per heavy atom. The maximum atomic E-state index is 10.2. The average Bonchev–Trinajstić information content (AvgIpc) is 3.20. The molecule has 1 spiro atoms. The van der Waals surface area contributed by atoms with Gasteiger partial charge in [-0.15, -0.1) is 0 Å². The third-order valence-electron chi connectivity index (χ3n) is 12.2. The number of nitrogens with zero attached hydrogens (tertiary/aromatic N) is 1. The molecule has 5 aliphatic carbocycles. The molecule has 192 valence electrons. The SMILES string of the molecule is C=C1C=C2[C@@]3(CC[C@H](C[C@H](CO)CC4=CCN=C4)C3)CC[C@H](C3CCCCC3)[C@@]2(C)[C@H]2[C@@H]1C2(C)C. The summed E-state index contributed by atoms with van der Waals surface area (Å²) >= 11 is 0. The van der Waals surface area contributed by atoms with Gasteiger partial charge >= 0.3 is 0 Å². The maximum Gasteiger partial charge on any atom is 0.0576 e. The van der Waals surface area contributed by atoms with Crippen molar-refractivity contribution in [2.24, 2.45) is 56.7 Å². The first-order valence-corrected chi connectivity index (χ1v) is 15.0. The highest BCUT2D eigenvalue weighted by Crippen LogP contribution is 2.79.